The largest absolute Gasteiger partial charge is 0.480 e. The maximum atomic E-state index is 10.5. The second kappa shape index (κ2) is 3.76. The van der Waals surface area contributed by atoms with Crippen LogP contribution in [0.25, 0.3) is 0 Å². The van der Waals surface area contributed by atoms with E-state index in [1.165, 1.54) is 0 Å². The third-order valence-electron chi connectivity index (χ3n) is 1.65. The smallest absolute Gasteiger partial charge is 0.325 e. The van der Waals surface area contributed by atoms with Gasteiger partial charge in [-0.3, -0.25) is 4.79 Å². The number of nitrogens with two attached hydrogens (primary N) is 2. The molecule has 0 unspecified atom stereocenters. The van der Waals surface area contributed by atoms with E-state index in [1.54, 1.807) is 18.2 Å². The van der Waals surface area contributed by atoms with Crippen LogP contribution in [0.1, 0.15) is 11.6 Å². The zero-order valence-corrected chi connectivity index (χ0v) is 8.28. The first kappa shape index (κ1) is 10.0. The summed E-state index contributed by atoms with van der Waals surface area (Å²) < 4.78 is 0.798. The summed E-state index contributed by atoms with van der Waals surface area (Å²) in [5, 5.41) is 8.64. The van der Waals surface area contributed by atoms with Gasteiger partial charge in [-0.05, 0) is 12.1 Å². The van der Waals surface area contributed by atoms with Crippen LogP contribution in [0.15, 0.2) is 22.7 Å². The molecule has 13 heavy (non-hydrogen) atoms. The lowest BCUT2D eigenvalue weighted by atomic mass is 10.1. The van der Waals surface area contributed by atoms with Crippen LogP contribution in [0, 0.1) is 0 Å². The zero-order chi connectivity index (χ0) is 10.0. The van der Waals surface area contributed by atoms with Crippen LogP contribution >= 0.6 is 15.9 Å². The van der Waals surface area contributed by atoms with Gasteiger partial charge in [0, 0.05) is 15.7 Å². The number of carbonyl (C=O) groups is 1. The molecule has 0 bridgehead atoms. The number of halogens is 1. The highest BCUT2D eigenvalue weighted by Crippen LogP contribution is 2.22. The molecule has 0 spiro atoms. The maximum Gasteiger partial charge on any atom is 0.325 e. The molecular formula is C8H9BrN2O2. The number of anilines is 1. The van der Waals surface area contributed by atoms with Gasteiger partial charge in [0.05, 0.1) is 0 Å². The van der Waals surface area contributed by atoms with Crippen molar-refractivity contribution < 1.29 is 9.90 Å². The Morgan fingerprint density at radius 2 is 2.15 bits per heavy atom. The van der Waals surface area contributed by atoms with Gasteiger partial charge in [-0.15, -0.1) is 0 Å². The summed E-state index contributed by atoms with van der Waals surface area (Å²) in [6.07, 6.45) is 0. The number of nitrogen functional groups attached to an aromatic ring is 1. The third kappa shape index (κ3) is 2.19. The van der Waals surface area contributed by atoms with E-state index in [1.807, 2.05) is 0 Å². The molecule has 0 heterocycles. The van der Waals surface area contributed by atoms with E-state index in [2.05, 4.69) is 15.9 Å². The first-order valence-corrected chi connectivity index (χ1v) is 4.35. The van der Waals surface area contributed by atoms with E-state index in [0.29, 0.717) is 11.3 Å². The lowest BCUT2D eigenvalue weighted by Crippen LogP contribution is -2.21. The van der Waals surface area contributed by atoms with Crippen molar-refractivity contribution in [3.8, 4) is 0 Å². The predicted octanol–water partition coefficient (Wildman–Crippen LogP) is 1.12. The second-order valence-electron chi connectivity index (χ2n) is 2.59. The monoisotopic (exact) mass is 244 g/mol. The summed E-state index contributed by atoms with van der Waals surface area (Å²) >= 11 is 3.21. The van der Waals surface area contributed by atoms with Crippen molar-refractivity contribution in [2.24, 2.45) is 5.73 Å². The fraction of sp³-hybridized carbons (Fsp3) is 0.125. The molecule has 70 valence electrons. The van der Waals surface area contributed by atoms with Crippen LogP contribution in [-0.4, -0.2) is 11.1 Å². The van der Waals surface area contributed by atoms with Gasteiger partial charge in [0.15, 0.2) is 0 Å². The Kier molecular flexibility index (Phi) is 2.90. The zero-order valence-electron chi connectivity index (χ0n) is 6.70. The summed E-state index contributed by atoms with van der Waals surface area (Å²) in [6.45, 7) is 0. The van der Waals surface area contributed by atoms with Crippen LogP contribution in [-0.2, 0) is 4.79 Å². The number of hydrogen-bond acceptors (Lipinski definition) is 3. The molecule has 0 aromatic heterocycles. The van der Waals surface area contributed by atoms with E-state index < -0.39 is 12.0 Å². The minimum atomic E-state index is -1.09. The SMILES string of the molecule is Nc1cc(Br)ccc1[C@H](N)C(=O)O. The lowest BCUT2D eigenvalue weighted by molar-refractivity contribution is -0.138. The number of rotatable bonds is 2. The average molecular weight is 245 g/mol. The molecular weight excluding hydrogens is 236 g/mol. The van der Waals surface area contributed by atoms with Gasteiger partial charge >= 0.3 is 5.97 Å². The molecule has 1 aromatic rings. The second-order valence-corrected chi connectivity index (χ2v) is 3.50. The van der Waals surface area contributed by atoms with Crippen molar-refractivity contribution in [3.63, 3.8) is 0 Å². The van der Waals surface area contributed by atoms with E-state index in [-0.39, 0.29) is 0 Å². The number of hydrogen-bond donors (Lipinski definition) is 3. The molecule has 5 heteroatoms. The molecule has 0 fully saturated rings. The molecule has 0 aliphatic rings. The summed E-state index contributed by atoms with van der Waals surface area (Å²) in [7, 11) is 0. The molecule has 1 rings (SSSR count). The first-order chi connectivity index (χ1) is 6.02. The molecule has 0 saturated heterocycles. The van der Waals surface area contributed by atoms with Gasteiger partial charge in [-0.25, -0.2) is 0 Å². The number of aliphatic carboxylic acids is 1. The molecule has 0 aliphatic heterocycles. The molecule has 1 atom stereocenters. The minimum Gasteiger partial charge on any atom is -0.480 e. The van der Waals surface area contributed by atoms with Crippen molar-refractivity contribution in [3.05, 3.63) is 28.2 Å². The number of carboxylic acids is 1. The molecule has 0 saturated carbocycles. The van der Waals surface area contributed by atoms with E-state index in [4.69, 9.17) is 16.6 Å². The van der Waals surface area contributed by atoms with Crippen molar-refractivity contribution in [2.75, 3.05) is 5.73 Å². The Labute approximate surface area is 83.7 Å². The lowest BCUT2D eigenvalue weighted by Gasteiger charge is -2.09. The van der Waals surface area contributed by atoms with Crippen molar-refractivity contribution in [1.29, 1.82) is 0 Å². The Balaban J connectivity index is 3.08. The summed E-state index contributed by atoms with van der Waals surface area (Å²) in [4.78, 5) is 10.5. The highest BCUT2D eigenvalue weighted by atomic mass is 79.9. The van der Waals surface area contributed by atoms with Crippen molar-refractivity contribution in [1.82, 2.24) is 0 Å². The van der Waals surface area contributed by atoms with Crippen LogP contribution < -0.4 is 11.5 Å². The highest BCUT2D eigenvalue weighted by Gasteiger charge is 2.16. The first-order valence-electron chi connectivity index (χ1n) is 3.55. The van der Waals surface area contributed by atoms with Gasteiger partial charge in [0.1, 0.15) is 6.04 Å². The minimum absolute atomic E-state index is 0.379. The van der Waals surface area contributed by atoms with Gasteiger partial charge in [0.25, 0.3) is 0 Å². The van der Waals surface area contributed by atoms with Gasteiger partial charge in [-0.1, -0.05) is 22.0 Å². The Morgan fingerprint density at radius 3 is 2.62 bits per heavy atom. The Bertz CT molecular complexity index is 341. The fourth-order valence-electron chi connectivity index (χ4n) is 0.962. The van der Waals surface area contributed by atoms with Crippen molar-refractivity contribution in [2.45, 2.75) is 6.04 Å². The quantitative estimate of drug-likeness (QED) is 0.681. The van der Waals surface area contributed by atoms with Crippen molar-refractivity contribution >= 4 is 27.6 Å². The third-order valence-corrected chi connectivity index (χ3v) is 2.14. The van der Waals surface area contributed by atoms with E-state index in [0.717, 1.165) is 4.47 Å². The number of carboxylic acid groups (broad SMARTS) is 1. The van der Waals surface area contributed by atoms with Gasteiger partial charge in [-0.2, -0.15) is 0 Å². The van der Waals surface area contributed by atoms with Crippen LogP contribution in [0.2, 0.25) is 0 Å². The predicted molar refractivity (Wildman–Crippen MR) is 53.1 cm³/mol. The highest BCUT2D eigenvalue weighted by molar-refractivity contribution is 9.10. The summed E-state index contributed by atoms with van der Waals surface area (Å²) in [5.41, 5.74) is 11.8. The molecule has 0 aliphatic carbocycles. The number of benzene rings is 1. The molecule has 4 nitrogen and oxygen atoms in total. The van der Waals surface area contributed by atoms with Gasteiger partial charge in [0.2, 0.25) is 0 Å². The molecule has 1 aromatic carbocycles. The topological polar surface area (TPSA) is 89.3 Å². The summed E-state index contributed by atoms with van der Waals surface area (Å²) in [6, 6.07) is 3.86. The molecule has 5 N–H and O–H groups in total. The summed E-state index contributed by atoms with van der Waals surface area (Å²) in [5.74, 6) is -1.09. The van der Waals surface area contributed by atoms with Crippen LogP contribution in [0.3, 0.4) is 0 Å². The van der Waals surface area contributed by atoms with Crippen LogP contribution in [0.5, 0.6) is 0 Å². The fourth-order valence-corrected chi connectivity index (χ4v) is 1.34. The normalized spacial score (nSPS) is 12.5. The maximum absolute atomic E-state index is 10.5. The van der Waals surface area contributed by atoms with E-state index >= 15 is 0 Å². The van der Waals surface area contributed by atoms with E-state index in [9.17, 15) is 4.79 Å². The van der Waals surface area contributed by atoms with Gasteiger partial charge < -0.3 is 16.6 Å². The standard InChI is InChI=1S/C8H9BrN2O2/c9-4-1-2-5(6(10)3-4)7(11)8(12)13/h1-3,7H,10-11H2,(H,12,13)/t7-/m0/s1. The molecule has 0 amide bonds. The average Bonchev–Trinajstić information content (AvgIpc) is 2.03. The Hall–Kier alpha value is -1.07. The Morgan fingerprint density at radius 1 is 1.54 bits per heavy atom. The molecule has 0 radical (unpaired) electrons. The van der Waals surface area contributed by atoms with Crippen LogP contribution in [0.4, 0.5) is 5.69 Å².